The van der Waals surface area contributed by atoms with E-state index in [-0.39, 0.29) is 17.1 Å². The highest BCUT2D eigenvalue weighted by Crippen LogP contribution is 2.33. The third kappa shape index (κ3) is 4.16. The summed E-state index contributed by atoms with van der Waals surface area (Å²) in [7, 11) is 0. The number of nitrogens with zero attached hydrogens (tertiary/aromatic N) is 3. The zero-order valence-electron chi connectivity index (χ0n) is 11.6. The van der Waals surface area contributed by atoms with Gasteiger partial charge in [-0.2, -0.15) is 10.5 Å². The van der Waals surface area contributed by atoms with Crippen molar-refractivity contribution in [3.63, 3.8) is 0 Å². The first-order valence-electron chi connectivity index (χ1n) is 6.27. The lowest BCUT2D eigenvalue weighted by molar-refractivity contribution is -0.384. The van der Waals surface area contributed by atoms with Gasteiger partial charge in [-0.25, -0.2) is 4.39 Å². The molecular weight excluding hydrogens is 317 g/mol. The van der Waals surface area contributed by atoms with Crippen molar-refractivity contribution in [2.45, 2.75) is 9.79 Å². The first-order chi connectivity index (χ1) is 11.0. The maximum Gasteiger partial charge on any atom is 0.270 e. The van der Waals surface area contributed by atoms with Gasteiger partial charge in [0.05, 0.1) is 4.92 Å². The van der Waals surface area contributed by atoms with Crippen LogP contribution in [0.2, 0.25) is 0 Å². The number of nitriles is 2. The van der Waals surface area contributed by atoms with Crippen LogP contribution < -0.4 is 0 Å². The second-order valence-electron chi connectivity index (χ2n) is 4.32. The summed E-state index contributed by atoms with van der Waals surface area (Å²) in [5.74, 6) is -0.366. The molecule has 0 aliphatic heterocycles. The molecule has 0 unspecified atom stereocenters. The number of non-ortho nitro benzene ring substituents is 1. The molecule has 0 atom stereocenters. The quantitative estimate of drug-likeness (QED) is 0.474. The molecule has 112 valence electrons. The largest absolute Gasteiger partial charge is 0.270 e. The van der Waals surface area contributed by atoms with Gasteiger partial charge in [-0.3, -0.25) is 10.1 Å². The molecule has 0 saturated heterocycles. The van der Waals surface area contributed by atoms with Crippen LogP contribution in [0.3, 0.4) is 0 Å². The van der Waals surface area contributed by atoms with E-state index in [1.165, 1.54) is 48.2 Å². The molecule has 0 aromatic heterocycles. The van der Waals surface area contributed by atoms with Crippen molar-refractivity contribution in [1.82, 2.24) is 0 Å². The topological polar surface area (TPSA) is 90.7 Å². The standard InChI is InChI=1S/C16H8FN3O2S/c17-13-1-4-15(5-2-13)23-16-6-3-14(20(21)22)8-12(16)7-11(9-18)10-19/h1-8H. The molecule has 0 amide bonds. The lowest BCUT2D eigenvalue weighted by Crippen LogP contribution is -1.90. The molecule has 0 radical (unpaired) electrons. The van der Waals surface area contributed by atoms with Gasteiger partial charge in [0.1, 0.15) is 23.5 Å². The summed E-state index contributed by atoms with van der Waals surface area (Å²) >= 11 is 1.25. The van der Waals surface area contributed by atoms with Crippen LogP contribution in [0.15, 0.2) is 57.8 Å². The zero-order valence-corrected chi connectivity index (χ0v) is 12.4. The number of allylic oxidation sites excluding steroid dienone is 1. The van der Waals surface area contributed by atoms with Crippen molar-refractivity contribution in [3.05, 3.63) is 69.5 Å². The smallest absolute Gasteiger partial charge is 0.258 e. The summed E-state index contributed by atoms with van der Waals surface area (Å²) < 4.78 is 12.9. The predicted octanol–water partition coefficient (Wildman–Crippen LogP) is 4.32. The fraction of sp³-hybridized carbons (Fsp3) is 0. The Morgan fingerprint density at radius 3 is 2.39 bits per heavy atom. The van der Waals surface area contributed by atoms with Crippen LogP contribution in [-0.4, -0.2) is 4.92 Å². The lowest BCUT2D eigenvalue weighted by Gasteiger charge is -2.06. The molecule has 0 N–H and O–H groups in total. The Morgan fingerprint density at radius 2 is 1.83 bits per heavy atom. The van der Waals surface area contributed by atoms with Gasteiger partial charge in [0.15, 0.2) is 0 Å². The molecule has 0 aliphatic carbocycles. The van der Waals surface area contributed by atoms with Gasteiger partial charge in [-0.1, -0.05) is 11.8 Å². The minimum atomic E-state index is -0.553. The van der Waals surface area contributed by atoms with Crippen LogP contribution >= 0.6 is 11.8 Å². The van der Waals surface area contributed by atoms with E-state index in [0.717, 1.165) is 4.90 Å². The summed E-state index contributed by atoms with van der Waals surface area (Å²) in [6.07, 6.45) is 1.29. The van der Waals surface area contributed by atoms with Crippen molar-refractivity contribution >= 4 is 23.5 Å². The normalized spacial score (nSPS) is 9.52. The second-order valence-corrected chi connectivity index (χ2v) is 5.43. The van der Waals surface area contributed by atoms with E-state index in [1.54, 1.807) is 24.3 Å². The highest BCUT2D eigenvalue weighted by Gasteiger charge is 2.11. The van der Waals surface area contributed by atoms with Crippen LogP contribution in [0.5, 0.6) is 0 Å². The molecule has 23 heavy (non-hydrogen) atoms. The van der Waals surface area contributed by atoms with Crippen LogP contribution in [0, 0.1) is 38.6 Å². The van der Waals surface area contributed by atoms with Gasteiger partial charge in [0.25, 0.3) is 5.69 Å². The average molecular weight is 325 g/mol. The Morgan fingerprint density at radius 1 is 1.17 bits per heavy atom. The van der Waals surface area contributed by atoms with E-state index in [2.05, 4.69) is 0 Å². The third-order valence-electron chi connectivity index (χ3n) is 2.79. The SMILES string of the molecule is N#CC(C#N)=Cc1cc([N+](=O)[O-])ccc1Sc1ccc(F)cc1. The number of benzene rings is 2. The highest BCUT2D eigenvalue weighted by molar-refractivity contribution is 7.99. The number of hydrogen-bond donors (Lipinski definition) is 0. The van der Waals surface area contributed by atoms with Gasteiger partial charge < -0.3 is 0 Å². The number of nitro groups is 1. The molecule has 5 nitrogen and oxygen atoms in total. The van der Waals surface area contributed by atoms with Gasteiger partial charge >= 0.3 is 0 Å². The first-order valence-corrected chi connectivity index (χ1v) is 7.09. The number of halogens is 1. The molecule has 0 bridgehead atoms. The van der Waals surface area contributed by atoms with Gasteiger partial charge in [0, 0.05) is 21.9 Å². The maximum atomic E-state index is 12.9. The van der Waals surface area contributed by atoms with Crippen LogP contribution in [0.25, 0.3) is 6.08 Å². The molecule has 2 aromatic carbocycles. The fourth-order valence-electron chi connectivity index (χ4n) is 1.73. The van der Waals surface area contributed by atoms with Gasteiger partial charge in [-0.15, -0.1) is 0 Å². The zero-order chi connectivity index (χ0) is 16.8. The highest BCUT2D eigenvalue weighted by atomic mass is 32.2. The Balaban J connectivity index is 2.48. The molecule has 0 aliphatic rings. The van der Waals surface area contributed by atoms with Gasteiger partial charge in [0.2, 0.25) is 0 Å². The van der Waals surface area contributed by atoms with Crippen molar-refractivity contribution < 1.29 is 9.31 Å². The summed E-state index contributed by atoms with van der Waals surface area (Å²) in [5, 5.41) is 28.6. The van der Waals surface area contributed by atoms with E-state index in [9.17, 15) is 14.5 Å². The average Bonchev–Trinajstić information content (AvgIpc) is 2.55. The molecule has 0 saturated carbocycles. The van der Waals surface area contributed by atoms with E-state index in [0.29, 0.717) is 10.5 Å². The lowest BCUT2D eigenvalue weighted by atomic mass is 10.1. The Labute approximate surface area is 135 Å². The van der Waals surface area contributed by atoms with Crippen molar-refractivity contribution in [1.29, 1.82) is 10.5 Å². The monoisotopic (exact) mass is 325 g/mol. The molecule has 2 rings (SSSR count). The third-order valence-corrected chi connectivity index (χ3v) is 3.89. The second kappa shape index (κ2) is 7.21. The van der Waals surface area contributed by atoms with Crippen LogP contribution in [0.4, 0.5) is 10.1 Å². The van der Waals surface area contributed by atoms with E-state index >= 15 is 0 Å². The van der Waals surface area contributed by atoms with E-state index in [4.69, 9.17) is 10.5 Å². The summed E-state index contributed by atoms with van der Waals surface area (Å²) in [6.45, 7) is 0. The molecule has 2 aromatic rings. The first kappa shape index (κ1) is 16.2. The molecule has 0 heterocycles. The fourth-order valence-corrected chi connectivity index (χ4v) is 2.63. The van der Waals surface area contributed by atoms with Crippen molar-refractivity contribution in [2.75, 3.05) is 0 Å². The minimum absolute atomic E-state index is 0.144. The van der Waals surface area contributed by atoms with Gasteiger partial charge in [-0.05, 0) is 42.0 Å². The summed E-state index contributed by atoms with van der Waals surface area (Å²) in [6, 6.07) is 13.4. The molecule has 0 spiro atoms. The Bertz CT molecular complexity index is 848. The van der Waals surface area contributed by atoms with Crippen LogP contribution in [-0.2, 0) is 0 Å². The van der Waals surface area contributed by atoms with Crippen molar-refractivity contribution in [3.8, 4) is 12.1 Å². The summed E-state index contributed by atoms with van der Waals surface area (Å²) in [5.41, 5.74) is 0.0769. The van der Waals surface area contributed by atoms with E-state index < -0.39 is 4.92 Å². The number of nitro benzene ring substituents is 1. The number of hydrogen-bond acceptors (Lipinski definition) is 5. The molecule has 0 fully saturated rings. The Hall–Kier alpha value is -3.16. The van der Waals surface area contributed by atoms with Crippen molar-refractivity contribution in [2.24, 2.45) is 0 Å². The van der Waals surface area contributed by atoms with E-state index in [1.807, 2.05) is 0 Å². The van der Waals surface area contributed by atoms with Crippen LogP contribution in [0.1, 0.15) is 5.56 Å². The Kier molecular flexibility index (Phi) is 5.08. The summed E-state index contributed by atoms with van der Waals surface area (Å²) in [4.78, 5) is 11.7. The molecular formula is C16H8FN3O2S. The predicted molar refractivity (Wildman–Crippen MR) is 82.8 cm³/mol. The maximum absolute atomic E-state index is 12.9. The number of rotatable bonds is 4. The molecule has 7 heteroatoms. The minimum Gasteiger partial charge on any atom is -0.258 e.